The highest BCUT2D eigenvalue weighted by Gasteiger charge is 2.68. The molecule has 1 saturated heterocycles. The van der Waals surface area contributed by atoms with E-state index in [9.17, 15) is 5.11 Å². The van der Waals surface area contributed by atoms with E-state index < -0.39 is 0 Å². The average Bonchev–Trinajstić information content (AvgIpc) is 3.20. The third-order valence-electron chi connectivity index (χ3n) is 7.49. The fraction of sp³-hybridized carbons (Fsp3) is 0.684. The van der Waals surface area contributed by atoms with Crippen molar-refractivity contribution in [2.45, 2.75) is 57.0 Å². The lowest BCUT2D eigenvalue weighted by Crippen LogP contribution is -2.45. The Labute approximate surface area is 126 Å². The molecule has 0 radical (unpaired) electrons. The Kier molecular flexibility index (Phi) is 2.29. The van der Waals surface area contributed by atoms with Gasteiger partial charge in [-0.3, -0.25) is 0 Å². The van der Waals surface area contributed by atoms with Gasteiger partial charge in [0.15, 0.2) is 0 Å². The first-order valence-corrected chi connectivity index (χ1v) is 8.59. The highest BCUT2D eigenvalue weighted by molar-refractivity contribution is 5.40. The highest BCUT2D eigenvalue weighted by Crippen LogP contribution is 2.68. The van der Waals surface area contributed by atoms with E-state index in [1.165, 1.54) is 43.2 Å². The van der Waals surface area contributed by atoms with Crippen LogP contribution >= 0.6 is 0 Å². The molecule has 1 N–H and O–H groups in total. The van der Waals surface area contributed by atoms with Crippen LogP contribution in [0.2, 0.25) is 0 Å². The van der Waals surface area contributed by atoms with Crippen molar-refractivity contribution in [1.82, 2.24) is 0 Å². The SMILES string of the molecule is C[C@]12CC[C@@H]3c4ccc(O)cc4CC[C@H]3[C@@H]1CC[C@]21CO1. The van der Waals surface area contributed by atoms with Crippen LogP contribution in [0.4, 0.5) is 0 Å². The van der Waals surface area contributed by atoms with Crippen LogP contribution in [0.25, 0.3) is 0 Å². The number of ether oxygens (including phenoxy) is 1. The minimum absolute atomic E-state index is 0.262. The van der Waals surface area contributed by atoms with Gasteiger partial charge in [-0.1, -0.05) is 13.0 Å². The lowest BCUT2D eigenvalue weighted by atomic mass is 9.54. The first-order chi connectivity index (χ1) is 10.1. The summed E-state index contributed by atoms with van der Waals surface area (Å²) in [5.74, 6) is 2.84. The number of aryl methyl sites for hydroxylation is 1. The smallest absolute Gasteiger partial charge is 0.115 e. The number of phenolic OH excluding ortho intramolecular Hbond substituents is 1. The molecule has 5 atom stereocenters. The molecule has 5 rings (SSSR count). The number of aromatic hydroxyl groups is 1. The van der Waals surface area contributed by atoms with Crippen LogP contribution < -0.4 is 0 Å². The molecule has 0 unspecified atom stereocenters. The lowest BCUT2D eigenvalue weighted by molar-refractivity contribution is 0.0121. The van der Waals surface area contributed by atoms with Gasteiger partial charge < -0.3 is 9.84 Å². The summed E-state index contributed by atoms with van der Waals surface area (Å²) in [6.45, 7) is 3.53. The molecule has 3 fully saturated rings. The molecule has 2 heteroatoms. The Morgan fingerprint density at radius 2 is 2.05 bits per heavy atom. The highest BCUT2D eigenvalue weighted by atomic mass is 16.6. The summed E-state index contributed by atoms with van der Waals surface area (Å²) < 4.78 is 5.96. The number of fused-ring (bicyclic) bond motifs is 6. The van der Waals surface area contributed by atoms with Gasteiger partial charge in [-0.15, -0.1) is 0 Å². The van der Waals surface area contributed by atoms with Gasteiger partial charge in [-0.2, -0.15) is 0 Å². The lowest BCUT2D eigenvalue weighted by Gasteiger charge is -2.50. The van der Waals surface area contributed by atoms with E-state index in [2.05, 4.69) is 13.0 Å². The predicted molar refractivity (Wildman–Crippen MR) is 81.4 cm³/mol. The Hall–Kier alpha value is -1.02. The van der Waals surface area contributed by atoms with Crippen molar-refractivity contribution in [1.29, 1.82) is 0 Å². The molecule has 3 aliphatic carbocycles. The fourth-order valence-electron chi connectivity index (χ4n) is 6.22. The maximum Gasteiger partial charge on any atom is 0.115 e. The van der Waals surface area contributed by atoms with Gasteiger partial charge in [0.1, 0.15) is 5.75 Å². The van der Waals surface area contributed by atoms with Crippen LogP contribution in [0.5, 0.6) is 5.75 Å². The zero-order valence-electron chi connectivity index (χ0n) is 12.8. The Morgan fingerprint density at radius 1 is 1.19 bits per heavy atom. The average molecular weight is 284 g/mol. The first kappa shape index (κ1) is 12.5. The van der Waals surface area contributed by atoms with Gasteiger partial charge in [0, 0.05) is 5.41 Å². The second-order valence-electron chi connectivity index (χ2n) is 8.08. The van der Waals surface area contributed by atoms with E-state index in [0.29, 0.717) is 11.2 Å². The van der Waals surface area contributed by atoms with Crippen LogP contribution in [0, 0.1) is 17.3 Å². The summed E-state index contributed by atoms with van der Waals surface area (Å²) in [6.07, 6.45) is 7.73. The summed E-state index contributed by atoms with van der Waals surface area (Å²) in [5, 5.41) is 9.74. The zero-order chi connectivity index (χ0) is 14.2. The number of epoxide rings is 1. The predicted octanol–water partition coefficient (Wildman–Crippen LogP) is 4.02. The van der Waals surface area contributed by atoms with E-state index in [1.807, 2.05) is 12.1 Å². The summed E-state index contributed by atoms with van der Waals surface area (Å²) in [6, 6.07) is 6.08. The van der Waals surface area contributed by atoms with Gasteiger partial charge in [-0.05, 0) is 79.5 Å². The van der Waals surface area contributed by atoms with Crippen molar-refractivity contribution in [2.24, 2.45) is 17.3 Å². The number of benzene rings is 1. The van der Waals surface area contributed by atoms with Crippen LogP contribution in [0.3, 0.4) is 0 Å². The van der Waals surface area contributed by atoms with Crippen LogP contribution in [0.15, 0.2) is 18.2 Å². The van der Waals surface area contributed by atoms with Crippen molar-refractivity contribution in [3.8, 4) is 5.75 Å². The van der Waals surface area contributed by atoms with E-state index in [1.54, 1.807) is 0 Å². The van der Waals surface area contributed by atoms with E-state index in [0.717, 1.165) is 30.8 Å². The van der Waals surface area contributed by atoms with Crippen molar-refractivity contribution >= 4 is 0 Å². The largest absolute Gasteiger partial charge is 0.508 e. The second-order valence-corrected chi connectivity index (χ2v) is 8.08. The molecule has 1 heterocycles. The van der Waals surface area contributed by atoms with E-state index >= 15 is 0 Å². The first-order valence-electron chi connectivity index (χ1n) is 8.59. The maximum absolute atomic E-state index is 9.74. The molecule has 0 aromatic heterocycles. The molecule has 1 aromatic rings. The van der Waals surface area contributed by atoms with Gasteiger partial charge in [-0.25, -0.2) is 0 Å². The van der Waals surface area contributed by atoms with Gasteiger partial charge in [0.2, 0.25) is 0 Å². The quantitative estimate of drug-likeness (QED) is 0.730. The number of phenols is 1. The van der Waals surface area contributed by atoms with Crippen LogP contribution in [0.1, 0.15) is 56.1 Å². The topological polar surface area (TPSA) is 32.8 Å². The molecule has 1 spiro atoms. The molecular weight excluding hydrogens is 260 g/mol. The third kappa shape index (κ3) is 1.47. The number of rotatable bonds is 0. The standard InChI is InChI=1S/C19H24O2/c1-18-8-6-15-14-5-3-13(20)10-12(14)2-4-16(15)17(18)7-9-19(18)11-21-19/h3,5,10,15-17,20H,2,4,6-9,11H2,1H3/t15-,16-,17+,18+,19+/m1/s1. The Morgan fingerprint density at radius 3 is 2.86 bits per heavy atom. The van der Waals surface area contributed by atoms with Crippen molar-refractivity contribution in [3.05, 3.63) is 29.3 Å². The molecule has 0 bridgehead atoms. The number of hydrogen-bond donors (Lipinski definition) is 1. The Bertz CT molecular complexity index is 604. The molecule has 1 aromatic carbocycles. The maximum atomic E-state index is 9.74. The minimum Gasteiger partial charge on any atom is -0.508 e. The molecule has 1 aliphatic heterocycles. The molecule has 4 aliphatic rings. The van der Waals surface area contributed by atoms with Gasteiger partial charge in [0.05, 0.1) is 12.2 Å². The van der Waals surface area contributed by atoms with E-state index in [4.69, 9.17) is 4.74 Å². The van der Waals surface area contributed by atoms with Crippen molar-refractivity contribution in [3.63, 3.8) is 0 Å². The molecule has 112 valence electrons. The summed E-state index contributed by atoms with van der Waals surface area (Å²) >= 11 is 0. The van der Waals surface area contributed by atoms with E-state index in [-0.39, 0.29) is 5.60 Å². The normalized spacial score (nSPS) is 46.8. The van der Waals surface area contributed by atoms with Crippen LogP contribution in [-0.2, 0) is 11.2 Å². The second kappa shape index (κ2) is 3.84. The molecule has 2 nitrogen and oxygen atoms in total. The fourth-order valence-corrected chi connectivity index (χ4v) is 6.22. The molecular formula is C19H24O2. The van der Waals surface area contributed by atoms with Crippen molar-refractivity contribution in [2.75, 3.05) is 6.61 Å². The van der Waals surface area contributed by atoms with Crippen molar-refractivity contribution < 1.29 is 9.84 Å². The molecule has 21 heavy (non-hydrogen) atoms. The summed E-state index contributed by atoms with van der Waals surface area (Å²) in [4.78, 5) is 0. The number of hydrogen-bond acceptors (Lipinski definition) is 2. The zero-order valence-corrected chi connectivity index (χ0v) is 12.8. The third-order valence-corrected chi connectivity index (χ3v) is 7.49. The monoisotopic (exact) mass is 284 g/mol. The Balaban J connectivity index is 1.54. The molecule has 0 amide bonds. The summed E-state index contributed by atoms with van der Waals surface area (Å²) in [7, 11) is 0. The van der Waals surface area contributed by atoms with Gasteiger partial charge in [0.25, 0.3) is 0 Å². The van der Waals surface area contributed by atoms with Gasteiger partial charge >= 0.3 is 0 Å². The molecule has 2 saturated carbocycles. The summed E-state index contributed by atoms with van der Waals surface area (Å²) in [5.41, 5.74) is 3.62. The minimum atomic E-state index is 0.262. The van der Waals surface area contributed by atoms with Crippen LogP contribution in [-0.4, -0.2) is 17.3 Å².